The van der Waals surface area contributed by atoms with Crippen molar-refractivity contribution in [3.05, 3.63) is 0 Å². The molecule has 8 N–H and O–H groups in total. The second kappa shape index (κ2) is 11.3. The molecule has 148 valence electrons. The largest absolute Gasteiger partial charge is 0.480 e. The lowest BCUT2D eigenvalue weighted by atomic mass is 10.1. The molecule has 4 amide bonds. The molecule has 12 heteroatoms. The normalized spacial score (nSPS) is 14.0. The molecule has 0 heterocycles. The first-order valence-corrected chi connectivity index (χ1v) is 8.37. The monoisotopic (exact) mass is 391 g/mol. The smallest absolute Gasteiger partial charge is 0.326 e. The quantitative estimate of drug-likeness (QED) is 0.182. The fourth-order valence-electron chi connectivity index (χ4n) is 1.81. The van der Waals surface area contributed by atoms with Gasteiger partial charge in [0.2, 0.25) is 23.6 Å². The Labute approximate surface area is 156 Å². The van der Waals surface area contributed by atoms with Crippen molar-refractivity contribution in [2.24, 2.45) is 17.4 Å². The topological polar surface area (TPSA) is 194 Å². The van der Waals surface area contributed by atoms with Gasteiger partial charge in [0.25, 0.3) is 0 Å². The maximum atomic E-state index is 12.0. The van der Waals surface area contributed by atoms with Gasteiger partial charge in [-0.05, 0) is 5.92 Å². The third kappa shape index (κ3) is 8.67. The van der Waals surface area contributed by atoms with Gasteiger partial charge in [0, 0.05) is 5.75 Å². The molecule has 0 aliphatic rings. The highest BCUT2D eigenvalue weighted by atomic mass is 32.1. The summed E-state index contributed by atoms with van der Waals surface area (Å²) in [5.41, 5.74) is 10.4. The van der Waals surface area contributed by atoms with Crippen LogP contribution in [0.1, 0.15) is 20.3 Å². The zero-order chi connectivity index (χ0) is 20.4. The summed E-state index contributed by atoms with van der Waals surface area (Å²) >= 11 is 3.94. The van der Waals surface area contributed by atoms with Crippen molar-refractivity contribution in [1.29, 1.82) is 0 Å². The number of amides is 4. The van der Waals surface area contributed by atoms with Crippen molar-refractivity contribution >= 4 is 42.2 Å². The van der Waals surface area contributed by atoms with E-state index < -0.39 is 54.3 Å². The summed E-state index contributed by atoms with van der Waals surface area (Å²) in [4.78, 5) is 57.3. The van der Waals surface area contributed by atoms with Crippen molar-refractivity contribution in [3.63, 3.8) is 0 Å². The van der Waals surface area contributed by atoms with Crippen LogP contribution in [-0.2, 0) is 24.0 Å². The highest BCUT2D eigenvalue weighted by molar-refractivity contribution is 7.80. The Balaban J connectivity index is 4.58. The minimum Gasteiger partial charge on any atom is -0.480 e. The van der Waals surface area contributed by atoms with Crippen LogP contribution in [0.2, 0.25) is 0 Å². The van der Waals surface area contributed by atoms with E-state index in [-0.39, 0.29) is 18.1 Å². The van der Waals surface area contributed by atoms with Crippen LogP contribution in [0.15, 0.2) is 0 Å². The fourth-order valence-corrected chi connectivity index (χ4v) is 2.07. The third-order valence-corrected chi connectivity index (χ3v) is 3.61. The number of carbonyl (C=O) groups is 5. The molecule has 0 fully saturated rings. The van der Waals surface area contributed by atoms with E-state index in [1.165, 1.54) is 0 Å². The van der Waals surface area contributed by atoms with Gasteiger partial charge in [-0.15, -0.1) is 0 Å². The summed E-state index contributed by atoms with van der Waals surface area (Å²) in [7, 11) is 0. The number of thiol groups is 1. The van der Waals surface area contributed by atoms with Gasteiger partial charge in [-0.3, -0.25) is 19.2 Å². The lowest BCUT2D eigenvalue weighted by Crippen LogP contribution is -2.55. The zero-order valence-electron chi connectivity index (χ0n) is 14.5. The summed E-state index contributed by atoms with van der Waals surface area (Å²) in [5.74, 6) is -4.58. The minimum absolute atomic E-state index is 0.0910. The van der Waals surface area contributed by atoms with E-state index in [4.69, 9.17) is 16.6 Å². The van der Waals surface area contributed by atoms with Gasteiger partial charge in [-0.2, -0.15) is 12.6 Å². The number of rotatable bonds is 11. The van der Waals surface area contributed by atoms with Crippen molar-refractivity contribution < 1.29 is 29.1 Å². The van der Waals surface area contributed by atoms with Crippen LogP contribution in [0.3, 0.4) is 0 Å². The standard InChI is InChI=1S/C14H25N5O6S/c1-6(2)11(14(24)25)19-10(21)4-17-13(23)8(5-26)18-12(22)7(15)3-9(16)20/h6-8,11,26H,3-5,15H2,1-2H3,(H2,16,20)(H,17,23)(H,18,22)(H,19,21)(H,24,25). The maximum absolute atomic E-state index is 12.0. The van der Waals surface area contributed by atoms with E-state index in [0.29, 0.717) is 0 Å². The molecule has 26 heavy (non-hydrogen) atoms. The average molecular weight is 391 g/mol. The Hall–Kier alpha value is -2.34. The Bertz CT molecular complexity index is 556. The number of carbonyl (C=O) groups excluding carboxylic acids is 4. The van der Waals surface area contributed by atoms with Crippen molar-refractivity contribution in [1.82, 2.24) is 16.0 Å². The number of hydrogen-bond acceptors (Lipinski definition) is 7. The Morgan fingerprint density at radius 1 is 1.08 bits per heavy atom. The molecule has 0 saturated heterocycles. The first-order chi connectivity index (χ1) is 12.0. The molecule has 11 nitrogen and oxygen atoms in total. The molecular weight excluding hydrogens is 366 g/mol. The molecule has 0 bridgehead atoms. The van der Waals surface area contributed by atoms with Gasteiger partial charge < -0.3 is 32.5 Å². The summed E-state index contributed by atoms with van der Waals surface area (Å²) in [6, 6.07) is -3.40. The van der Waals surface area contributed by atoms with Crippen LogP contribution in [-0.4, -0.2) is 65.1 Å². The number of nitrogens with one attached hydrogen (secondary N) is 3. The first kappa shape index (κ1) is 23.7. The first-order valence-electron chi connectivity index (χ1n) is 7.74. The lowest BCUT2D eigenvalue weighted by Gasteiger charge is -2.20. The second-order valence-corrected chi connectivity index (χ2v) is 6.23. The number of aliphatic carboxylic acids is 1. The van der Waals surface area contributed by atoms with E-state index >= 15 is 0 Å². The molecular formula is C14H25N5O6S. The third-order valence-electron chi connectivity index (χ3n) is 3.25. The van der Waals surface area contributed by atoms with Crippen LogP contribution < -0.4 is 27.4 Å². The van der Waals surface area contributed by atoms with Crippen molar-refractivity contribution in [2.75, 3.05) is 12.3 Å². The molecule has 3 unspecified atom stereocenters. The van der Waals surface area contributed by atoms with Crippen LogP contribution in [0, 0.1) is 5.92 Å². The lowest BCUT2D eigenvalue weighted by molar-refractivity contribution is -0.143. The molecule has 0 aromatic rings. The second-order valence-electron chi connectivity index (χ2n) is 5.87. The Morgan fingerprint density at radius 2 is 1.65 bits per heavy atom. The van der Waals surface area contributed by atoms with E-state index in [2.05, 4.69) is 28.6 Å². The van der Waals surface area contributed by atoms with Crippen LogP contribution >= 0.6 is 12.6 Å². The maximum Gasteiger partial charge on any atom is 0.326 e. The number of carboxylic acid groups (broad SMARTS) is 1. The minimum atomic E-state index is -1.21. The fraction of sp³-hybridized carbons (Fsp3) is 0.643. The zero-order valence-corrected chi connectivity index (χ0v) is 15.4. The number of carboxylic acids is 1. The molecule has 0 spiro atoms. The highest BCUT2D eigenvalue weighted by Crippen LogP contribution is 2.01. The van der Waals surface area contributed by atoms with Crippen molar-refractivity contribution in [3.8, 4) is 0 Å². The highest BCUT2D eigenvalue weighted by Gasteiger charge is 2.26. The van der Waals surface area contributed by atoms with E-state index in [1.807, 2.05) is 0 Å². The molecule has 0 radical (unpaired) electrons. The molecule has 3 atom stereocenters. The van der Waals surface area contributed by atoms with Crippen LogP contribution in [0.25, 0.3) is 0 Å². The van der Waals surface area contributed by atoms with E-state index in [1.54, 1.807) is 13.8 Å². The van der Waals surface area contributed by atoms with Gasteiger partial charge in [0.05, 0.1) is 19.0 Å². The Kier molecular flexibility index (Phi) is 10.3. The van der Waals surface area contributed by atoms with E-state index in [9.17, 15) is 24.0 Å². The van der Waals surface area contributed by atoms with Crippen LogP contribution in [0.5, 0.6) is 0 Å². The SMILES string of the molecule is CC(C)C(NC(=O)CNC(=O)C(CS)NC(=O)C(N)CC(N)=O)C(=O)O. The molecule has 0 saturated carbocycles. The van der Waals surface area contributed by atoms with Gasteiger partial charge >= 0.3 is 5.97 Å². The molecule has 0 aliphatic carbocycles. The summed E-state index contributed by atoms with van der Waals surface area (Å²) < 4.78 is 0. The number of nitrogens with two attached hydrogens (primary N) is 2. The predicted octanol–water partition coefficient (Wildman–Crippen LogP) is -3.05. The summed E-state index contributed by atoms with van der Waals surface area (Å²) in [6.45, 7) is 2.77. The van der Waals surface area contributed by atoms with Gasteiger partial charge in [0.1, 0.15) is 12.1 Å². The number of primary amides is 1. The van der Waals surface area contributed by atoms with Crippen molar-refractivity contribution in [2.45, 2.75) is 38.4 Å². The van der Waals surface area contributed by atoms with Crippen LogP contribution in [0.4, 0.5) is 0 Å². The molecule has 0 aromatic heterocycles. The molecule has 0 rings (SSSR count). The van der Waals surface area contributed by atoms with Gasteiger partial charge in [-0.1, -0.05) is 13.8 Å². The predicted molar refractivity (Wildman–Crippen MR) is 95.0 cm³/mol. The molecule has 0 aliphatic heterocycles. The van der Waals surface area contributed by atoms with Gasteiger partial charge in [-0.25, -0.2) is 4.79 Å². The Morgan fingerprint density at radius 3 is 2.08 bits per heavy atom. The number of hydrogen-bond donors (Lipinski definition) is 7. The molecule has 0 aromatic carbocycles. The average Bonchev–Trinajstić information content (AvgIpc) is 2.53. The van der Waals surface area contributed by atoms with E-state index in [0.717, 1.165) is 0 Å². The summed E-state index contributed by atoms with van der Waals surface area (Å²) in [6.07, 6.45) is -0.388. The summed E-state index contributed by atoms with van der Waals surface area (Å²) in [5, 5.41) is 15.8. The van der Waals surface area contributed by atoms with Gasteiger partial charge in [0.15, 0.2) is 0 Å².